The maximum absolute atomic E-state index is 12.7. The number of piperidine rings is 1. The average molecular weight is 332 g/mol. The molecule has 4 nitrogen and oxygen atoms in total. The monoisotopic (exact) mass is 331 g/mol. The Bertz CT molecular complexity index is 543. The number of benzene rings is 1. The third-order valence-electron chi connectivity index (χ3n) is 5.15. The highest BCUT2D eigenvalue weighted by Gasteiger charge is 2.24. The van der Waals surface area contributed by atoms with Gasteiger partial charge < -0.3 is 10.2 Å². The molecule has 1 aromatic carbocycles. The second-order valence-corrected chi connectivity index (χ2v) is 7.62. The Morgan fingerprint density at radius 3 is 2.71 bits per heavy atom. The van der Waals surface area contributed by atoms with Crippen LogP contribution in [0.3, 0.4) is 0 Å². The summed E-state index contributed by atoms with van der Waals surface area (Å²) in [4.78, 5) is 17.3. The molecule has 24 heavy (non-hydrogen) atoms. The van der Waals surface area contributed by atoms with Crippen molar-refractivity contribution in [1.82, 2.24) is 9.80 Å². The Balaban J connectivity index is 1.94. The molecule has 0 aliphatic carbocycles. The van der Waals surface area contributed by atoms with Gasteiger partial charge in [-0.15, -0.1) is 0 Å². The van der Waals surface area contributed by atoms with E-state index in [1.165, 1.54) is 24.9 Å². The van der Waals surface area contributed by atoms with Gasteiger partial charge in [0, 0.05) is 18.8 Å². The van der Waals surface area contributed by atoms with Crippen LogP contribution in [0.2, 0.25) is 0 Å². The maximum Gasteiger partial charge on any atom is 0.241 e. The number of para-hydroxylation sites is 1. The zero-order valence-electron chi connectivity index (χ0n) is 15.9. The van der Waals surface area contributed by atoms with Gasteiger partial charge in [-0.3, -0.25) is 9.69 Å². The lowest BCUT2D eigenvalue weighted by Gasteiger charge is -2.34. The van der Waals surface area contributed by atoms with Crippen molar-refractivity contribution < 1.29 is 4.79 Å². The van der Waals surface area contributed by atoms with Gasteiger partial charge in [0.05, 0.1) is 6.04 Å². The van der Waals surface area contributed by atoms with E-state index >= 15 is 0 Å². The van der Waals surface area contributed by atoms with Crippen LogP contribution in [0.15, 0.2) is 24.3 Å². The van der Waals surface area contributed by atoms with Crippen LogP contribution in [0.5, 0.6) is 0 Å². The van der Waals surface area contributed by atoms with E-state index in [0.29, 0.717) is 11.8 Å². The summed E-state index contributed by atoms with van der Waals surface area (Å²) in [6.45, 7) is 9.61. The Morgan fingerprint density at radius 1 is 1.33 bits per heavy atom. The molecule has 1 N–H and O–H groups in total. The number of anilines is 1. The first kappa shape index (κ1) is 18.9. The lowest BCUT2D eigenvalue weighted by molar-refractivity contribution is -0.120. The fraction of sp³-hybridized carbons (Fsp3) is 0.650. The van der Waals surface area contributed by atoms with Gasteiger partial charge in [-0.2, -0.15) is 0 Å². The van der Waals surface area contributed by atoms with Crippen molar-refractivity contribution in [2.75, 3.05) is 39.0 Å². The molecule has 0 saturated carbocycles. The molecule has 1 saturated heterocycles. The summed E-state index contributed by atoms with van der Waals surface area (Å²) in [6, 6.07) is 7.97. The number of amides is 1. The number of rotatable bonds is 6. The summed E-state index contributed by atoms with van der Waals surface area (Å²) >= 11 is 0. The molecule has 134 valence electrons. The first-order chi connectivity index (χ1) is 11.4. The second kappa shape index (κ2) is 8.63. The lowest BCUT2D eigenvalue weighted by Crippen LogP contribution is -2.45. The Kier molecular flexibility index (Phi) is 6.81. The molecule has 1 aliphatic rings. The highest BCUT2D eigenvalue weighted by atomic mass is 16.2. The number of hydrogen-bond acceptors (Lipinski definition) is 3. The predicted molar refractivity (Wildman–Crippen MR) is 101 cm³/mol. The SMILES string of the molecule is CC(C)c1ccccc1NC(=O)[C@H](C)N(C)C[C@@H]1CCCN(C)C1. The summed E-state index contributed by atoms with van der Waals surface area (Å²) in [5.74, 6) is 1.13. The molecule has 4 heteroatoms. The zero-order valence-corrected chi connectivity index (χ0v) is 15.9. The summed E-state index contributed by atoms with van der Waals surface area (Å²) < 4.78 is 0. The Morgan fingerprint density at radius 2 is 2.04 bits per heavy atom. The van der Waals surface area contributed by atoms with Crippen molar-refractivity contribution >= 4 is 11.6 Å². The van der Waals surface area contributed by atoms with Crippen molar-refractivity contribution in [3.8, 4) is 0 Å². The van der Waals surface area contributed by atoms with E-state index in [4.69, 9.17) is 0 Å². The molecule has 1 aliphatic heterocycles. The molecule has 1 heterocycles. The van der Waals surface area contributed by atoms with Gasteiger partial charge in [0.25, 0.3) is 0 Å². The number of nitrogens with zero attached hydrogens (tertiary/aromatic N) is 2. The van der Waals surface area contributed by atoms with Gasteiger partial charge in [0.1, 0.15) is 0 Å². The van der Waals surface area contributed by atoms with Crippen molar-refractivity contribution in [1.29, 1.82) is 0 Å². The van der Waals surface area contributed by atoms with Crippen molar-refractivity contribution in [2.24, 2.45) is 5.92 Å². The fourth-order valence-corrected chi connectivity index (χ4v) is 3.54. The quantitative estimate of drug-likeness (QED) is 0.868. The number of likely N-dealkylation sites (N-methyl/N-ethyl adjacent to an activating group) is 1. The van der Waals surface area contributed by atoms with Gasteiger partial charge in [-0.05, 0) is 63.9 Å². The topological polar surface area (TPSA) is 35.6 Å². The number of hydrogen-bond donors (Lipinski definition) is 1. The van der Waals surface area contributed by atoms with Crippen LogP contribution in [-0.2, 0) is 4.79 Å². The highest BCUT2D eigenvalue weighted by Crippen LogP contribution is 2.24. The molecule has 2 atom stereocenters. The first-order valence-electron chi connectivity index (χ1n) is 9.17. The largest absolute Gasteiger partial charge is 0.324 e. The Labute approximate surface area is 147 Å². The fourth-order valence-electron chi connectivity index (χ4n) is 3.54. The van der Waals surface area contributed by atoms with Gasteiger partial charge in [0.15, 0.2) is 0 Å². The number of carbonyl (C=O) groups excluding carboxylic acids is 1. The molecule has 2 rings (SSSR count). The molecule has 0 bridgehead atoms. The standard InChI is InChI=1S/C20H33N3O/c1-15(2)18-10-6-7-11-19(18)21-20(24)16(3)23(5)14-17-9-8-12-22(4)13-17/h6-7,10-11,15-17H,8-9,12-14H2,1-5H3,(H,21,24)/t16-,17+/m0/s1. The minimum atomic E-state index is -0.127. The summed E-state index contributed by atoms with van der Waals surface area (Å²) in [7, 11) is 4.25. The molecule has 0 unspecified atom stereocenters. The highest BCUT2D eigenvalue weighted by molar-refractivity contribution is 5.95. The molecule has 1 aromatic rings. The van der Waals surface area contributed by atoms with E-state index in [2.05, 4.69) is 49.1 Å². The van der Waals surface area contributed by atoms with Crippen LogP contribution in [0.4, 0.5) is 5.69 Å². The van der Waals surface area contributed by atoms with Crippen molar-refractivity contribution in [3.05, 3.63) is 29.8 Å². The molecule has 0 spiro atoms. The van der Waals surface area contributed by atoms with E-state index in [1.54, 1.807) is 0 Å². The molecule has 1 amide bonds. The van der Waals surface area contributed by atoms with E-state index < -0.39 is 0 Å². The van der Waals surface area contributed by atoms with Crippen LogP contribution in [-0.4, -0.2) is 55.5 Å². The zero-order chi connectivity index (χ0) is 17.7. The first-order valence-corrected chi connectivity index (χ1v) is 9.17. The van der Waals surface area contributed by atoms with E-state index in [9.17, 15) is 4.79 Å². The van der Waals surface area contributed by atoms with E-state index in [0.717, 1.165) is 18.8 Å². The maximum atomic E-state index is 12.7. The molecular weight excluding hydrogens is 298 g/mol. The van der Waals surface area contributed by atoms with E-state index in [1.807, 2.05) is 25.1 Å². The smallest absolute Gasteiger partial charge is 0.241 e. The van der Waals surface area contributed by atoms with Crippen LogP contribution in [0.25, 0.3) is 0 Å². The van der Waals surface area contributed by atoms with Crippen molar-refractivity contribution in [3.63, 3.8) is 0 Å². The summed E-state index contributed by atoms with van der Waals surface area (Å²) in [5, 5.41) is 3.13. The molecule has 1 fully saturated rings. The predicted octanol–water partition coefficient (Wildman–Crippen LogP) is 3.41. The van der Waals surface area contributed by atoms with E-state index in [-0.39, 0.29) is 11.9 Å². The third kappa shape index (κ3) is 5.05. The number of carbonyl (C=O) groups is 1. The van der Waals surface area contributed by atoms with Crippen LogP contribution >= 0.6 is 0 Å². The third-order valence-corrected chi connectivity index (χ3v) is 5.15. The minimum Gasteiger partial charge on any atom is -0.324 e. The normalized spacial score (nSPS) is 20.4. The van der Waals surface area contributed by atoms with Gasteiger partial charge >= 0.3 is 0 Å². The average Bonchev–Trinajstić information content (AvgIpc) is 2.54. The molecular formula is C20H33N3O. The number of likely N-dealkylation sites (tertiary alicyclic amines) is 1. The minimum absolute atomic E-state index is 0.0785. The second-order valence-electron chi connectivity index (χ2n) is 7.62. The van der Waals surface area contributed by atoms with Gasteiger partial charge in [0.2, 0.25) is 5.91 Å². The van der Waals surface area contributed by atoms with Gasteiger partial charge in [-0.25, -0.2) is 0 Å². The summed E-state index contributed by atoms with van der Waals surface area (Å²) in [5.41, 5.74) is 2.13. The van der Waals surface area contributed by atoms with Gasteiger partial charge in [-0.1, -0.05) is 32.0 Å². The lowest BCUT2D eigenvalue weighted by atomic mass is 9.97. The number of nitrogens with one attached hydrogen (secondary N) is 1. The summed E-state index contributed by atoms with van der Waals surface area (Å²) in [6.07, 6.45) is 2.52. The van der Waals surface area contributed by atoms with Crippen molar-refractivity contribution in [2.45, 2.75) is 45.6 Å². The Hall–Kier alpha value is -1.39. The molecule has 0 aromatic heterocycles. The molecule has 0 radical (unpaired) electrons. The van der Waals surface area contributed by atoms with Crippen LogP contribution < -0.4 is 5.32 Å². The van der Waals surface area contributed by atoms with Crippen LogP contribution in [0.1, 0.15) is 45.1 Å². The van der Waals surface area contributed by atoms with Crippen LogP contribution in [0, 0.1) is 5.92 Å².